The summed E-state index contributed by atoms with van der Waals surface area (Å²) in [7, 11) is 0. The van der Waals surface area contributed by atoms with Gasteiger partial charge in [-0.05, 0) is 48.0 Å². The van der Waals surface area contributed by atoms with Gasteiger partial charge in [-0.15, -0.1) is 0 Å². The van der Waals surface area contributed by atoms with Crippen molar-refractivity contribution in [3.05, 3.63) is 89.2 Å². The van der Waals surface area contributed by atoms with Crippen molar-refractivity contribution in [1.29, 1.82) is 0 Å². The Morgan fingerprint density at radius 3 is 2.47 bits per heavy atom. The summed E-state index contributed by atoms with van der Waals surface area (Å²) < 4.78 is 19.7. The first-order valence-corrected chi connectivity index (χ1v) is 9.42. The first kappa shape index (κ1) is 21.1. The third-order valence-electron chi connectivity index (χ3n) is 4.15. The number of urea groups is 1. The molecule has 30 heavy (non-hydrogen) atoms. The second kappa shape index (κ2) is 9.76. The molecule has 0 spiro atoms. The molecule has 4 N–H and O–H groups in total. The van der Waals surface area contributed by atoms with E-state index in [1.807, 2.05) is 18.2 Å². The molecule has 0 fully saturated rings. The molecule has 0 saturated heterocycles. The topological polar surface area (TPSA) is 93.5 Å². The van der Waals surface area contributed by atoms with Gasteiger partial charge in [0, 0.05) is 5.02 Å². The van der Waals surface area contributed by atoms with Gasteiger partial charge in [-0.1, -0.05) is 41.9 Å². The highest BCUT2D eigenvalue weighted by Gasteiger charge is 2.19. The Labute approximate surface area is 177 Å². The third kappa shape index (κ3) is 5.96. The van der Waals surface area contributed by atoms with Crippen molar-refractivity contribution >= 4 is 29.2 Å². The molecular formula is C22H19ClFN3O3. The zero-order valence-corrected chi connectivity index (χ0v) is 16.5. The van der Waals surface area contributed by atoms with E-state index >= 15 is 0 Å². The number of nitrogens with one attached hydrogen (secondary N) is 2. The van der Waals surface area contributed by atoms with Crippen LogP contribution in [0, 0.1) is 5.82 Å². The van der Waals surface area contributed by atoms with Gasteiger partial charge in [0.05, 0.1) is 18.2 Å². The fraction of sp³-hybridized carbons (Fsp3) is 0.0909. The minimum Gasteiger partial charge on any atom is -0.457 e. The van der Waals surface area contributed by atoms with Crippen molar-refractivity contribution in [1.82, 2.24) is 5.32 Å². The molecule has 8 heteroatoms. The predicted molar refractivity (Wildman–Crippen MR) is 113 cm³/mol. The monoisotopic (exact) mass is 427 g/mol. The molecule has 0 saturated carbocycles. The van der Waals surface area contributed by atoms with Crippen LogP contribution in [0.1, 0.15) is 18.0 Å². The highest BCUT2D eigenvalue weighted by atomic mass is 35.5. The van der Waals surface area contributed by atoms with E-state index in [-0.39, 0.29) is 17.1 Å². The molecule has 0 aliphatic heterocycles. The first-order chi connectivity index (χ1) is 14.4. The number of halogens is 2. The summed E-state index contributed by atoms with van der Waals surface area (Å²) in [5.74, 6) is 0.0224. The van der Waals surface area contributed by atoms with Gasteiger partial charge < -0.3 is 21.1 Å². The number of anilines is 1. The Bertz CT molecular complexity index is 1050. The number of amides is 3. The molecule has 3 aromatic rings. The van der Waals surface area contributed by atoms with E-state index in [0.29, 0.717) is 17.1 Å². The van der Waals surface area contributed by atoms with Crippen LogP contribution >= 0.6 is 11.6 Å². The summed E-state index contributed by atoms with van der Waals surface area (Å²) in [5, 5.41) is 5.27. The van der Waals surface area contributed by atoms with Crippen LogP contribution in [0.5, 0.6) is 11.5 Å². The van der Waals surface area contributed by atoms with Crippen LogP contribution in [-0.4, -0.2) is 11.9 Å². The molecule has 1 atom stereocenters. The molecule has 154 valence electrons. The smallest absolute Gasteiger partial charge is 0.312 e. The van der Waals surface area contributed by atoms with Gasteiger partial charge in [-0.25, -0.2) is 9.18 Å². The largest absolute Gasteiger partial charge is 0.457 e. The van der Waals surface area contributed by atoms with E-state index in [1.165, 1.54) is 12.1 Å². The van der Waals surface area contributed by atoms with Crippen LogP contribution in [0.2, 0.25) is 5.02 Å². The van der Waals surface area contributed by atoms with Gasteiger partial charge in [0.25, 0.3) is 0 Å². The van der Waals surface area contributed by atoms with Crippen molar-refractivity contribution in [2.75, 3.05) is 5.32 Å². The lowest BCUT2D eigenvalue weighted by atomic mass is 10.0. The maximum Gasteiger partial charge on any atom is 0.312 e. The fourth-order valence-corrected chi connectivity index (χ4v) is 3.00. The van der Waals surface area contributed by atoms with Crippen LogP contribution < -0.4 is 21.1 Å². The van der Waals surface area contributed by atoms with Crippen LogP contribution in [0.25, 0.3) is 0 Å². The molecule has 0 heterocycles. The van der Waals surface area contributed by atoms with Gasteiger partial charge in [-0.3, -0.25) is 4.79 Å². The predicted octanol–water partition coefficient (Wildman–Crippen LogP) is 5.01. The number of carbonyl (C=O) groups excluding carboxylic acids is 2. The maximum absolute atomic E-state index is 13.9. The van der Waals surface area contributed by atoms with Crippen LogP contribution in [0.4, 0.5) is 14.9 Å². The molecule has 0 aromatic heterocycles. The average Bonchev–Trinajstić information content (AvgIpc) is 2.71. The minimum absolute atomic E-state index is 0.0495. The Morgan fingerprint density at radius 1 is 1.00 bits per heavy atom. The van der Waals surface area contributed by atoms with Crippen molar-refractivity contribution in [3.63, 3.8) is 0 Å². The summed E-state index contributed by atoms with van der Waals surface area (Å²) in [6.07, 6.45) is -0.177. The maximum atomic E-state index is 13.9. The van der Waals surface area contributed by atoms with Crippen LogP contribution in [0.3, 0.4) is 0 Å². The zero-order chi connectivity index (χ0) is 21.5. The molecule has 3 amide bonds. The van der Waals surface area contributed by atoms with Crippen molar-refractivity contribution < 1.29 is 18.7 Å². The molecule has 0 unspecified atom stereocenters. The minimum atomic E-state index is -0.795. The molecule has 0 bridgehead atoms. The first-order valence-electron chi connectivity index (χ1n) is 9.04. The molecule has 6 nitrogen and oxygen atoms in total. The number of carbonyl (C=O) groups is 2. The normalized spacial score (nSPS) is 11.4. The SMILES string of the molecule is NC(=O)N[C@H](CC(=O)Nc1cc(Cl)ccc1F)c1cccc(Oc2ccccc2)c1. The van der Waals surface area contributed by atoms with E-state index in [0.717, 1.165) is 6.07 Å². The number of nitrogens with two attached hydrogens (primary N) is 1. The van der Waals surface area contributed by atoms with Gasteiger partial charge >= 0.3 is 6.03 Å². The summed E-state index contributed by atoms with van der Waals surface area (Å²) in [5.41, 5.74) is 5.83. The van der Waals surface area contributed by atoms with Crippen molar-refractivity contribution in [2.45, 2.75) is 12.5 Å². The van der Waals surface area contributed by atoms with E-state index < -0.39 is 23.8 Å². The van der Waals surface area contributed by atoms with Crippen LogP contribution in [-0.2, 0) is 4.79 Å². The molecule has 0 aliphatic rings. The van der Waals surface area contributed by atoms with Crippen molar-refractivity contribution in [3.8, 4) is 11.5 Å². The summed E-state index contributed by atoms with van der Waals surface area (Å²) in [4.78, 5) is 23.9. The highest BCUT2D eigenvalue weighted by molar-refractivity contribution is 6.30. The highest BCUT2D eigenvalue weighted by Crippen LogP contribution is 2.27. The lowest BCUT2D eigenvalue weighted by Gasteiger charge is -2.19. The standard InChI is InChI=1S/C22H19ClFN3O3/c23-15-9-10-18(24)20(12-15)26-21(28)13-19(27-22(25)29)14-5-4-8-17(11-14)30-16-6-2-1-3-7-16/h1-12,19H,13H2,(H,26,28)(H3,25,27,29)/t19-/m1/s1. The van der Waals surface area contributed by atoms with E-state index in [2.05, 4.69) is 10.6 Å². The van der Waals surface area contributed by atoms with Gasteiger partial charge in [0.2, 0.25) is 5.91 Å². The lowest BCUT2D eigenvalue weighted by Crippen LogP contribution is -2.35. The Hall–Kier alpha value is -3.58. The number of ether oxygens (including phenoxy) is 1. The van der Waals surface area contributed by atoms with Crippen LogP contribution in [0.15, 0.2) is 72.8 Å². The summed E-state index contributed by atoms with van der Waals surface area (Å²) in [6.45, 7) is 0. The zero-order valence-electron chi connectivity index (χ0n) is 15.8. The van der Waals surface area contributed by atoms with Gasteiger partial charge in [0.15, 0.2) is 0 Å². The van der Waals surface area contributed by atoms with Gasteiger partial charge in [-0.2, -0.15) is 0 Å². The molecule has 3 rings (SSSR count). The quantitative estimate of drug-likeness (QED) is 0.494. The summed E-state index contributed by atoms with van der Waals surface area (Å²) >= 11 is 5.85. The van der Waals surface area contributed by atoms with Crippen molar-refractivity contribution in [2.24, 2.45) is 5.73 Å². The molecule has 0 radical (unpaired) electrons. The number of benzene rings is 3. The molecule has 3 aromatic carbocycles. The van der Waals surface area contributed by atoms with E-state index in [9.17, 15) is 14.0 Å². The summed E-state index contributed by atoms with van der Waals surface area (Å²) in [6, 6.07) is 18.4. The Morgan fingerprint density at radius 2 is 1.73 bits per heavy atom. The second-order valence-electron chi connectivity index (χ2n) is 6.43. The Balaban J connectivity index is 1.77. The number of hydrogen-bond donors (Lipinski definition) is 3. The lowest BCUT2D eigenvalue weighted by molar-refractivity contribution is -0.116. The van der Waals surface area contributed by atoms with E-state index in [1.54, 1.807) is 36.4 Å². The number of primary amides is 1. The third-order valence-corrected chi connectivity index (χ3v) is 4.38. The number of para-hydroxylation sites is 1. The number of hydrogen-bond acceptors (Lipinski definition) is 3. The van der Waals surface area contributed by atoms with Gasteiger partial charge in [0.1, 0.15) is 17.3 Å². The van der Waals surface area contributed by atoms with E-state index in [4.69, 9.17) is 22.1 Å². The fourth-order valence-electron chi connectivity index (χ4n) is 2.82. The second-order valence-corrected chi connectivity index (χ2v) is 6.86. The molecule has 0 aliphatic carbocycles. The Kier molecular flexibility index (Phi) is 6.87. The molecular weight excluding hydrogens is 409 g/mol. The number of rotatable bonds is 7. The average molecular weight is 428 g/mol.